The topological polar surface area (TPSA) is 49.4 Å². The first-order valence-corrected chi connectivity index (χ1v) is 6.69. The molecule has 0 aromatic heterocycles. The number of carbonyl (C=O) groups is 2. The van der Waals surface area contributed by atoms with Crippen LogP contribution in [0.2, 0.25) is 0 Å². The first kappa shape index (κ1) is 12.6. The third-order valence-corrected chi connectivity index (χ3v) is 4.45. The maximum absolute atomic E-state index is 11.9. The van der Waals surface area contributed by atoms with E-state index >= 15 is 0 Å². The van der Waals surface area contributed by atoms with Gasteiger partial charge >= 0.3 is 0 Å². The number of hydrogen-bond acceptors (Lipinski definition) is 3. The maximum atomic E-state index is 11.9. The van der Waals surface area contributed by atoms with E-state index in [4.69, 9.17) is 0 Å². The zero-order valence-electron chi connectivity index (χ0n) is 10.8. The lowest BCUT2D eigenvalue weighted by Gasteiger charge is -2.42. The molecule has 1 aliphatic carbocycles. The molecule has 1 aliphatic heterocycles. The minimum absolute atomic E-state index is 0.0332. The van der Waals surface area contributed by atoms with Crippen LogP contribution in [0.1, 0.15) is 46.0 Å². The molecule has 96 valence electrons. The van der Waals surface area contributed by atoms with Gasteiger partial charge in [0.2, 0.25) is 11.8 Å². The van der Waals surface area contributed by atoms with E-state index in [0.29, 0.717) is 18.4 Å². The van der Waals surface area contributed by atoms with E-state index in [2.05, 4.69) is 12.2 Å². The Labute approximate surface area is 103 Å². The van der Waals surface area contributed by atoms with Crippen molar-refractivity contribution < 1.29 is 9.59 Å². The van der Waals surface area contributed by atoms with Gasteiger partial charge in [-0.3, -0.25) is 14.5 Å². The average Bonchev–Trinajstić information content (AvgIpc) is 2.53. The van der Waals surface area contributed by atoms with E-state index in [0.717, 1.165) is 13.0 Å². The van der Waals surface area contributed by atoms with Crippen LogP contribution in [0.5, 0.6) is 0 Å². The van der Waals surface area contributed by atoms with Gasteiger partial charge in [-0.15, -0.1) is 0 Å². The summed E-state index contributed by atoms with van der Waals surface area (Å²) in [7, 11) is 0. The van der Waals surface area contributed by atoms with Gasteiger partial charge in [0.25, 0.3) is 0 Å². The van der Waals surface area contributed by atoms with Crippen molar-refractivity contribution in [1.29, 1.82) is 0 Å². The normalized spacial score (nSPS) is 27.4. The van der Waals surface area contributed by atoms with Crippen LogP contribution < -0.4 is 5.32 Å². The Morgan fingerprint density at radius 3 is 2.47 bits per heavy atom. The molecule has 1 N–H and O–H groups in total. The second-order valence-corrected chi connectivity index (χ2v) is 5.32. The molecular weight excluding hydrogens is 216 g/mol. The summed E-state index contributed by atoms with van der Waals surface area (Å²) in [6, 6.07) is -0.272. The van der Waals surface area contributed by atoms with Gasteiger partial charge in [-0.1, -0.05) is 13.3 Å². The molecule has 2 aliphatic rings. The number of amides is 2. The molecule has 0 bridgehead atoms. The maximum Gasteiger partial charge on any atom is 0.246 e. The van der Waals surface area contributed by atoms with E-state index < -0.39 is 0 Å². The molecule has 4 nitrogen and oxygen atoms in total. The zero-order chi connectivity index (χ0) is 12.5. The highest BCUT2D eigenvalue weighted by molar-refractivity contribution is 6.05. The smallest absolute Gasteiger partial charge is 0.246 e. The Balaban J connectivity index is 1.88. The molecule has 2 fully saturated rings. The van der Waals surface area contributed by atoms with Gasteiger partial charge in [-0.25, -0.2) is 0 Å². The predicted molar refractivity (Wildman–Crippen MR) is 65.4 cm³/mol. The lowest BCUT2D eigenvalue weighted by atomic mass is 9.67. The second-order valence-electron chi connectivity index (χ2n) is 5.32. The molecule has 1 heterocycles. The van der Waals surface area contributed by atoms with Crippen LogP contribution in [0.15, 0.2) is 0 Å². The third kappa shape index (κ3) is 2.23. The van der Waals surface area contributed by atoms with Gasteiger partial charge < -0.3 is 5.32 Å². The highest BCUT2D eigenvalue weighted by Gasteiger charge is 2.40. The van der Waals surface area contributed by atoms with E-state index in [-0.39, 0.29) is 17.9 Å². The van der Waals surface area contributed by atoms with Crippen LogP contribution in [-0.4, -0.2) is 35.8 Å². The number of likely N-dealkylation sites (N-methyl/N-ethyl adjacent to an activating group) is 1. The number of likely N-dealkylation sites (tertiary alicyclic amines) is 1. The highest BCUT2D eigenvalue weighted by atomic mass is 16.2. The van der Waals surface area contributed by atoms with Gasteiger partial charge in [0.1, 0.15) is 0 Å². The fourth-order valence-corrected chi connectivity index (χ4v) is 2.85. The Bertz CT molecular complexity index is 318. The number of nitrogens with one attached hydrogen (secondary N) is 1. The average molecular weight is 238 g/mol. The summed E-state index contributed by atoms with van der Waals surface area (Å²) in [6.45, 7) is 5.43. The van der Waals surface area contributed by atoms with Crippen LogP contribution >= 0.6 is 0 Å². The number of nitrogens with zero attached hydrogens (tertiary/aromatic N) is 1. The van der Waals surface area contributed by atoms with E-state index in [1.165, 1.54) is 24.2 Å². The van der Waals surface area contributed by atoms with Gasteiger partial charge in [0.15, 0.2) is 0 Å². The summed E-state index contributed by atoms with van der Waals surface area (Å²) >= 11 is 0. The number of carbonyl (C=O) groups excluding carboxylic acids is 2. The molecular formula is C13H22N2O2. The van der Waals surface area contributed by atoms with Crippen LogP contribution in [0, 0.1) is 5.41 Å². The summed E-state index contributed by atoms with van der Waals surface area (Å²) in [5, 5.41) is 3.31. The largest absolute Gasteiger partial charge is 0.305 e. The molecule has 1 saturated heterocycles. The molecule has 2 rings (SSSR count). The third-order valence-electron chi connectivity index (χ3n) is 4.45. The minimum atomic E-state index is -0.272. The van der Waals surface area contributed by atoms with Crippen LogP contribution in [0.25, 0.3) is 0 Å². The van der Waals surface area contributed by atoms with Gasteiger partial charge in [-0.05, 0) is 31.6 Å². The lowest BCUT2D eigenvalue weighted by molar-refractivity contribution is -0.138. The molecule has 0 radical (unpaired) electrons. The standard InChI is InChI=1S/C13H22N2O2/c1-3-13(6-5-7-13)9-14-10-8-11(16)15(4-2)12(10)17/h10,14H,3-9H2,1-2H3. The first-order chi connectivity index (χ1) is 8.12. The van der Waals surface area contributed by atoms with Crippen molar-refractivity contribution in [2.45, 2.75) is 52.0 Å². The Morgan fingerprint density at radius 1 is 1.35 bits per heavy atom. The van der Waals surface area contributed by atoms with Crippen molar-refractivity contribution >= 4 is 11.8 Å². The summed E-state index contributed by atoms with van der Waals surface area (Å²) in [4.78, 5) is 24.8. The Kier molecular flexibility index (Phi) is 3.52. The molecule has 2 amide bonds. The quantitative estimate of drug-likeness (QED) is 0.735. The van der Waals surface area contributed by atoms with Crippen molar-refractivity contribution in [3.05, 3.63) is 0 Å². The van der Waals surface area contributed by atoms with Crippen LogP contribution in [0.4, 0.5) is 0 Å². The molecule has 17 heavy (non-hydrogen) atoms. The van der Waals surface area contributed by atoms with E-state index in [1.807, 2.05) is 6.92 Å². The molecule has 1 atom stereocenters. The Hall–Kier alpha value is -0.900. The van der Waals surface area contributed by atoms with Crippen LogP contribution in [0.3, 0.4) is 0 Å². The van der Waals surface area contributed by atoms with E-state index in [1.54, 1.807) is 0 Å². The molecule has 0 aromatic rings. The lowest BCUT2D eigenvalue weighted by Crippen LogP contribution is -2.46. The van der Waals surface area contributed by atoms with E-state index in [9.17, 15) is 9.59 Å². The van der Waals surface area contributed by atoms with Gasteiger partial charge in [-0.2, -0.15) is 0 Å². The number of hydrogen-bond donors (Lipinski definition) is 1. The van der Waals surface area contributed by atoms with Gasteiger partial charge in [0, 0.05) is 13.1 Å². The van der Waals surface area contributed by atoms with Crippen molar-refractivity contribution in [2.24, 2.45) is 5.41 Å². The molecule has 0 spiro atoms. The van der Waals surface area contributed by atoms with Crippen molar-refractivity contribution in [2.75, 3.05) is 13.1 Å². The monoisotopic (exact) mass is 238 g/mol. The molecule has 4 heteroatoms. The number of rotatable bonds is 5. The van der Waals surface area contributed by atoms with Crippen LogP contribution in [-0.2, 0) is 9.59 Å². The molecule has 1 saturated carbocycles. The zero-order valence-corrected chi connectivity index (χ0v) is 10.8. The molecule has 1 unspecified atom stereocenters. The summed E-state index contributed by atoms with van der Waals surface area (Å²) in [5.74, 6) is -0.0720. The summed E-state index contributed by atoms with van der Waals surface area (Å²) in [6.07, 6.45) is 5.30. The predicted octanol–water partition coefficient (Wildman–Crippen LogP) is 1.30. The fraction of sp³-hybridized carbons (Fsp3) is 0.846. The summed E-state index contributed by atoms with van der Waals surface area (Å²) in [5.41, 5.74) is 0.392. The summed E-state index contributed by atoms with van der Waals surface area (Å²) < 4.78 is 0. The van der Waals surface area contributed by atoms with Crippen molar-refractivity contribution in [3.63, 3.8) is 0 Å². The number of imide groups is 1. The first-order valence-electron chi connectivity index (χ1n) is 6.69. The molecule has 0 aromatic carbocycles. The second kappa shape index (κ2) is 4.77. The van der Waals surface area contributed by atoms with Crippen molar-refractivity contribution in [3.8, 4) is 0 Å². The van der Waals surface area contributed by atoms with Crippen molar-refractivity contribution in [1.82, 2.24) is 10.2 Å². The minimum Gasteiger partial charge on any atom is -0.305 e. The SMILES string of the molecule is CCN1C(=O)CC(NCC2(CC)CCC2)C1=O. The van der Waals surface area contributed by atoms with Gasteiger partial charge in [0.05, 0.1) is 12.5 Å². The highest BCUT2D eigenvalue weighted by Crippen LogP contribution is 2.43. The fourth-order valence-electron chi connectivity index (χ4n) is 2.85. The Morgan fingerprint density at radius 2 is 2.06 bits per heavy atom.